The van der Waals surface area contributed by atoms with E-state index in [1.807, 2.05) is 0 Å². The molecule has 0 aromatic carbocycles. The summed E-state index contributed by atoms with van der Waals surface area (Å²) in [5, 5.41) is 2.36. The summed E-state index contributed by atoms with van der Waals surface area (Å²) in [5.41, 5.74) is 6.56. The van der Waals surface area contributed by atoms with E-state index in [1.54, 1.807) is 0 Å². The van der Waals surface area contributed by atoms with E-state index in [9.17, 15) is 4.79 Å². The summed E-state index contributed by atoms with van der Waals surface area (Å²) in [7, 11) is 0. The first-order valence-electron chi connectivity index (χ1n) is 8.79. The maximum atomic E-state index is 11.5. The van der Waals surface area contributed by atoms with Crippen molar-refractivity contribution in [2.24, 2.45) is 0 Å². The average molecular weight is 369 g/mol. The molecule has 0 saturated heterocycles. The molecular formula is C18H17ClN6O. The normalized spacial score (nSPS) is 15.1. The zero-order valence-electron chi connectivity index (χ0n) is 14.0. The molecule has 4 aromatic rings. The Labute approximate surface area is 153 Å². The summed E-state index contributed by atoms with van der Waals surface area (Å²) in [5.74, 6) is 0. The number of hydrogen-bond acceptors (Lipinski definition) is 4. The maximum Gasteiger partial charge on any atom is 0.260 e. The first-order valence-corrected chi connectivity index (χ1v) is 9.17. The van der Waals surface area contributed by atoms with Gasteiger partial charge in [0.2, 0.25) is 0 Å². The van der Waals surface area contributed by atoms with E-state index in [4.69, 9.17) is 11.6 Å². The van der Waals surface area contributed by atoms with Crippen molar-refractivity contribution in [1.29, 1.82) is 0 Å². The van der Waals surface area contributed by atoms with Gasteiger partial charge in [0.1, 0.15) is 22.8 Å². The number of nitrogens with zero attached hydrogens (tertiary/aromatic N) is 3. The lowest BCUT2D eigenvalue weighted by molar-refractivity contribution is 0.896. The highest BCUT2D eigenvalue weighted by Crippen LogP contribution is 2.32. The monoisotopic (exact) mass is 368 g/mol. The van der Waals surface area contributed by atoms with Gasteiger partial charge < -0.3 is 15.0 Å². The van der Waals surface area contributed by atoms with Crippen LogP contribution in [0.25, 0.3) is 22.1 Å². The number of rotatable bonds is 0. The molecule has 2 aliphatic rings. The van der Waals surface area contributed by atoms with Crippen LogP contribution in [0.3, 0.4) is 0 Å². The molecular weight excluding hydrogens is 352 g/mol. The molecule has 0 unspecified atom stereocenters. The van der Waals surface area contributed by atoms with Crippen molar-refractivity contribution in [3.8, 4) is 0 Å². The second-order valence-corrected chi connectivity index (χ2v) is 7.07. The standard InChI is InChI=1S/C9H8ClN3.C9H9N3O/c10-8-7-5-2-1-3-6(5)13-9(7)12-4-11-8;13-9-7-5-2-1-3-6(5)12-8(7)10-4-11-9/h4H,1-3H2,(H,11,12,13);4H,1-3H2,(H2,10,11,12,13). The van der Waals surface area contributed by atoms with Crippen LogP contribution >= 0.6 is 11.6 Å². The first kappa shape index (κ1) is 15.6. The van der Waals surface area contributed by atoms with Crippen LogP contribution in [0, 0.1) is 0 Å². The fourth-order valence-corrected chi connectivity index (χ4v) is 4.35. The molecule has 4 heterocycles. The fraction of sp³-hybridized carbons (Fsp3) is 0.333. The molecule has 0 bridgehead atoms. The Morgan fingerprint density at radius 3 is 2.23 bits per heavy atom. The average Bonchev–Trinajstić information content (AvgIpc) is 3.34. The van der Waals surface area contributed by atoms with E-state index in [-0.39, 0.29) is 5.56 Å². The van der Waals surface area contributed by atoms with E-state index in [0.29, 0.717) is 5.15 Å². The highest BCUT2D eigenvalue weighted by molar-refractivity contribution is 6.34. The maximum absolute atomic E-state index is 11.5. The SMILES string of the molecule is Clc1ncnc2[nH]c3c(c12)CCC3.O=c1[nH]cnc2[nH]c3c(c12)CCC3. The molecule has 0 aliphatic heterocycles. The molecule has 132 valence electrons. The Morgan fingerprint density at radius 2 is 1.50 bits per heavy atom. The molecule has 0 radical (unpaired) electrons. The largest absolute Gasteiger partial charge is 0.343 e. The summed E-state index contributed by atoms with van der Waals surface area (Å²) in [6, 6.07) is 0. The number of aryl methyl sites for hydroxylation is 4. The molecule has 3 N–H and O–H groups in total. The highest BCUT2D eigenvalue weighted by Gasteiger charge is 2.20. The Balaban J connectivity index is 0.000000115. The summed E-state index contributed by atoms with van der Waals surface area (Å²) in [6.45, 7) is 0. The van der Waals surface area contributed by atoms with Gasteiger partial charge in [-0.05, 0) is 49.7 Å². The van der Waals surface area contributed by atoms with Crippen molar-refractivity contribution in [3.05, 3.63) is 50.7 Å². The van der Waals surface area contributed by atoms with E-state index in [0.717, 1.165) is 54.2 Å². The van der Waals surface area contributed by atoms with Crippen LogP contribution in [-0.4, -0.2) is 29.9 Å². The number of halogens is 1. The molecule has 8 heteroatoms. The Kier molecular flexibility index (Phi) is 3.56. The van der Waals surface area contributed by atoms with Crippen LogP contribution < -0.4 is 5.56 Å². The lowest BCUT2D eigenvalue weighted by Gasteiger charge is -1.93. The van der Waals surface area contributed by atoms with Crippen molar-refractivity contribution in [2.45, 2.75) is 38.5 Å². The van der Waals surface area contributed by atoms with E-state index < -0.39 is 0 Å². The zero-order chi connectivity index (χ0) is 17.7. The third kappa shape index (κ3) is 2.34. The Bertz CT molecular complexity index is 1190. The lowest BCUT2D eigenvalue weighted by atomic mass is 10.2. The molecule has 2 aliphatic carbocycles. The second-order valence-electron chi connectivity index (χ2n) is 6.71. The second kappa shape index (κ2) is 5.95. The molecule has 26 heavy (non-hydrogen) atoms. The van der Waals surface area contributed by atoms with Crippen LogP contribution in [0.2, 0.25) is 5.15 Å². The van der Waals surface area contributed by atoms with Crippen molar-refractivity contribution < 1.29 is 0 Å². The predicted octanol–water partition coefficient (Wildman–Crippen LogP) is 2.84. The van der Waals surface area contributed by atoms with Gasteiger partial charge in [-0.3, -0.25) is 4.79 Å². The Hall–Kier alpha value is -2.67. The van der Waals surface area contributed by atoms with Gasteiger partial charge in [-0.25, -0.2) is 15.0 Å². The van der Waals surface area contributed by atoms with Gasteiger partial charge in [-0.1, -0.05) is 11.6 Å². The summed E-state index contributed by atoms with van der Waals surface area (Å²) in [4.78, 5) is 32.8. The number of H-pyrrole nitrogens is 3. The number of aromatic amines is 3. The van der Waals surface area contributed by atoms with Gasteiger partial charge in [0.15, 0.2) is 0 Å². The molecule has 4 aromatic heterocycles. The minimum atomic E-state index is -0.0237. The van der Waals surface area contributed by atoms with Crippen LogP contribution in [0.5, 0.6) is 0 Å². The minimum Gasteiger partial charge on any atom is -0.343 e. The van der Waals surface area contributed by atoms with E-state index in [2.05, 4.69) is 29.9 Å². The predicted molar refractivity (Wildman–Crippen MR) is 99.7 cm³/mol. The topological polar surface area (TPSA) is 103 Å². The summed E-state index contributed by atoms with van der Waals surface area (Å²) < 4.78 is 0. The minimum absolute atomic E-state index is 0.0237. The summed E-state index contributed by atoms with van der Waals surface area (Å²) in [6.07, 6.45) is 9.56. The molecule has 7 nitrogen and oxygen atoms in total. The molecule has 6 rings (SSSR count). The van der Waals surface area contributed by atoms with E-state index in [1.165, 1.54) is 41.6 Å². The van der Waals surface area contributed by atoms with Crippen molar-refractivity contribution in [2.75, 3.05) is 0 Å². The molecule has 0 atom stereocenters. The first-order chi connectivity index (χ1) is 12.7. The smallest absolute Gasteiger partial charge is 0.260 e. The fourth-order valence-electron chi connectivity index (χ4n) is 4.10. The lowest BCUT2D eigenvalue weighted by Crippen LogP contribution is -2.06. The number of nitrogens with one attached hydrogen (secondary N) is 3. The van der Waals surface area contributed by atoms with Gasteiger partial charge in [0.25, 0.3) is 5.56 Å². The highest BCUT2D eigenvalue weighted by atomic mass is 35.5. The van der Waals surface area contributed by atoms with Crippen molar-refractivity contribution >= 4 is 33.7 Å². The van der Waals surface area contributed by atoms with Gasteiger partial charge in [-0.2, -0.15) is 0 Å². The van der Waals surface area contributed by atoms with Crippen molar-refractivity contribution in [3.63, 3.8) is 0 Å². The zero-order valence-corrected chi connectivity index (χ0v) is 14.8. The van der Waals surface area contributed by atoms with Crippen LogP contribution in [-0.2, 0) is 25.7 Å². The third-order valence-electron chi connectivity index (χ3n) is 5.23. The van der Waals surface area contributed by atoms with Crippen LogP contribution in [0.15, 0.2) is 17.4 Å². The molecule has 0 spiro atoms. The number of fused-ring (bicyclic) bond motifs is 6. The van der Waals surface area contributed by atoms with Gasteiger partial charge in [0, 0.05) is 11.4 Å². The quantitative estimate of drug-likeness (QED) is 0.415. The van der Waals surface area contributed by atoms with E-state index >= 15 is 0 Å². The van der Waals surface area contributed by atoms with Gasteiger partial charge in [-0.15, -0.1) is 0 Å². The summed E-state index contributed by atoms with van der Waals surface area (Å²) >= 11 is 6.01. The van der Waals surface area contributed by atoms with Gasteiger partial charge in [0.05, 0.1) is 17.1 Å². The van der Waals surface area contributed by atoms with Crippen molar-refractivity contribution in [1.82, 2.24) is 29.9 Å². The third-order valence-corrected chi connectivity index (χ3v) is 5.52. The molecule has 0 amide bonds. The van der Waals surface area contributed by atoms with Crippen LogP contribution in [0.1, 0.15) is 35.4 Å². The van der Waals surface area contributed by atoms with Crippen LogP contribution in [0.4, 0.5) is 0 Å². The molecule has 0 fully saturated rings. The number of hydrogen-bond donors (Lipinski definition) is 3. The van der Waals surface area contributed by atoms with Gasteiger partial charge >= 0.3 is 0 Å². The molecule has 0 saturated carbocycles. The Morgan fingerprint density at radius 1 is 0.846 bits per heavy atom. The number of aromatic nitrogens is 6.